The first-order valence-electron chi connectivity index (χ1n) is 9.17. The van der Waals surface area contributed by atoms with Crippen molar-refractivity contribution in [2.75, 3.05) is 0 Å². The number of rotatable bonds is 6. The Bertz CT molecular complexity index is 764. The SMILES string of the molecule is Cn1nc(C(=O)O)cc1C(=O)NC(CC1CCCCC1)c1ccccc1. The summed E-state index contributed by atoms with van der Waals surface area (Å²) < 4.78 is 1.32. The van der Waals surface area contributed by atoms with E-state index in [2.05, 4.69) is 10.4 Å². The van der Waals surface area contributed by atoms with Crippen LogP contribution in [0.3, 0.4) is 0 Å². The van der Waals surface area contributed by atoms with Crippen LogP contribution < -0.4 is 5.32 Å². The lowest BCUT2D eigenvalue weighted by atomic mass is 9.83. The number of carbonyl (C=O) groups is 2. The number of hydrogen-bond acceptors (Lipinski definition) is 3. The third-order valence-electron chi connectivity index (χ3n) is 5.13. The minimum Gasteiger partial charge on any atom is -0.476 e. The summed E-state index contributed by atoms with van der Waals surface area (Å²) in [5.41, 5.74) is 1.21. The lowest BCUT2D eigenvalue weighted by molar-refractivity contribution is 0.0689. The van der Waals surface area contributed by atoms with Gasteiger partial charge in [-0.25, -0.2) is 4.79 Å². The molecule has 6 heteroatoms. The molecule has 1 fully saturated rings. The molecule has 1 heterocycles. The van der Waals surface area contributed by atoms with Gasteiger partial charge in [0.2, 0.25) is 0 Å². The van der Waals surface area contributed by atoms with Crippen LogP contribution in [-0.4, -0.2) is 26.8 Å². The second-order valence-electron chi connectivity index (χ2n) is 7.02. The van der Waals surface area contributed by atoms with Gasteiger partial charge >= 0.3 is 5.97 Å². The molecule has 1 aliphatic rings. The molecule has 1 atom stereocenters. The van der Waals surface area contributed by atoms with Crippen molar-refractivity contribution in [2.45, 2.75) is 44.6 Å². The van der Waals surface area contributed by atoms with Crippen LogP contribution >= 0.6 is 0 Å². The van der Waals surface area contributed by atoms with Gasteiger partial charge in [-0.3, -0.25) is 9.48 Å². The van der Waals surface area contributed by atoms with E-state index in [1.54, 1.807) is 7.05 Å². The molecule has 0 aliphatic heterocycles. The highest BCUT2D eigenvalue weighted by Gasteiger charge is 2.24. The zero-order chi connectivity index (χ0) is 18.5. The minimum absolute atomic E-state index is 0.0880. The summed E-state index contributed by atoms with van der Waals surface area (Å²) in [5.74, 6) is -0.825. The fraction of sp³-hybridized carbons (Fsp3) is 0.450. The quantitative estimate of drug-likeness (QED) is 0.830. The minimum atomic E-state index is -1.14. The number of aromatic carboxylic acids is 1. The molecule has 26 heavy (non-hydrogen) atoms. The van der Waals surface area contributed by atoms with Gasteiger partial charge in [0.25, 0.3) is 5.91 Å². The average molecular weight is 355 g/mol. The highest BCUT2D eigenvalue weighted by Crippen LogP contribution is 2.32. The van der Waals surface area contributed by atoms with E-state index < -0.39 is 5.97 Å². The van der Waals surface area contributed by atoms with Crippen LogP contribution in [-0.2, 0) is 7.05 Å². The number of amides is 1. The van der Waals surface area contributed by atoms with E-state index >= 15 is 0 Å². The van der Waals surface area contributed by atoms with Crippen LogP contribution in [0.4, 0.5) is 0 Å². The van der Waals surface area contributed by atoms with E-state index in [-0.39, 0.29) is 23.3 Å². The van der Waals surface area contributed by atoms with Crippen LogP contribution in [0.5, 0.6) is 0 Å². The fourth-order valence-electron chi connectivity index (χ4n) is 3.74. The smallest absolute Gasteiger partial charge is 0.356 e. The molecule has 0 radical (unpaired) electrons. The maximum absolute atomic E-state index is 12.8. The number of aromatic nitrogens is 2. The zero-order valence-electron chi connectivity index (χ0n) is 15.0. The monoisotopic (exact) mass is 355 g/mol. The first-order chi connectivity index (χ1) is 12.5. The number of nitrogens with zero attached hydrogens (tertiary/aromatic N) is 2. The standard InChI is InChI=1S/C20H25N3O3/c1-23-18(13-17(22-23)20(25)26)19(24)21-16(15-10-6-3-7-11-15)12-14-8-4-2-5-9-14/h3,6-7,10-11,13-14,16H,2,4-5,8-9,12H2,1H3,(H,21,24)(H,25,26). The lowest BCUT2D eigenvalue weighted by Gasteiger charge is -2.27. The van der Waals surface area contributed by atoms with Crippen LogP contribution in [0.2, 0.25) is 0 Å². The fourth-order valence-corrected chi connectivity index (χ4v) is 3.74. The molecular weight excluding hydrogens is 330 g/mol. The summed E-state index contributed by atoms with van der Waals surface area (Å²) in [7, 11) is 1.58. The van der Waals surface area contributed by atoms with Gasteiger partial charge in [-0.1, -0.05) is 62.4 Å². The third kappa shape index (κ3) is 4.31. The molecule has 6 nitrogen and oxygen atoms in total. The van der Waals surface area contributed by atoms with E-state index in [1.165, 1.54) is 42.9 Å². The van der Waals surface area contributed by atoms with Gasteiger partial charge in [-0.2, -0.15) is 5.10 Å². The molecule has 138 valence electrons. The van der Waals surface area contributed by atoms with Crippen molar-refractivity contribution in [3.05, 3.63) is 53.3 Å². The molecule has 1 aromatic carbocycles. The first-order valence-corrected chi connectivity index (χ1v) is 9.17. The molecule has 2 N–H and O–H groups in total. The van der Waals surface area contributed by atoms with Crippen LogP contribution in [0, 0.1) is 5.92 Å². The Morgan fingerprint density at radius 2 is 1.92 bits per heavy atom. The topological polar surface area (TPSA) is 84.2 Å². The van der Waals surface area contributed by atoms with Crippen molar-refractivity contribution in [1.29, 1.82) is 0 Å². The molecule has 0 bridgehead atoms. The van der Waals surface area contributed by atoms with Crippen molar-refractivity contribution in [1.82, 2.24) is 15.1 Å². The van der Waals surface area contributed by atoms with Gasteiger partial charge in [-0.15, -0.1) is 0 Å². The molecule has 1 aliphatic carbocycles. The van der Waals surface area contributed by atoms with Gasteiger partial charge in [0, 0.05) is 13.1 Å². The maximum atomic E-state index is 12.8. The summed E-state index contributed by atoms with van der Waals surface area (Å²) >= 11 is 0. The third-order valence-corrected chi connectivity index (χ3v) is 5.13. The van der Waals surface area contributed by atoms with Gasteiger partial charge in [0.1, 0.15) is 5.69 Å². The number of carbonyl (C=O) groups excluding carboxylic acids is 1. The number of nitrogens with one attached hydrogen (secondary N) is 1. The predicted octanol–water partition coefficient (Wildman–Crippen LogP) is 3.56. The highest BCUT2D eigenvalue weighted by molar-refractivity contribution is 5.95. The van der Waals surface area contributed by atoms with Gasteiger partial charge in [0.05, 0.1) is 6.04 Å². The molecule has 0 saturated heterocycles. The molecule has 1 amide bonds. The number of benzene rings is 1. The number of carboxylic acids is 1. The molecule has 2 aromatic rings. The number of carboxylic acid groups (broad SMARTS) is 1. The zero-order valence-corrected chi connectivity index (χ0v) is 15.0. The Balaban J connectivity index is 1.78. The normalized spacial score (nSPS) is 16.2. The average Bonchev–Trinajstić information content (AvgIpc) is 3.05. The predicted molar refractivity (Wildman–Crippen MR) is 98.0 cm³/mol. The highest BCUT2D eigenvalue weighted by atomic mass is 16.4. The molecule has 1 unspecified atom stereocenters. The van der Waals surface area contributed by atoms with Gasteiger partial charge in [0.15, 0.2) is 5.69 Å². The Labute approximate surface area is 153 Å². The van der Waals surface area contributed by atoms with Crippen LogP contribution in [0.15, 0.2) is 36.4 Å². The van der Waals surface area contributed by atoms with E-state index in [0.717, 1.165) is 12.0 Å². The second kappa shape index (κ2) is 8.17. The van der Waals surface area contributed by atoms with E-state index in [4.69, 9.17) is 5.11 Å². The molecular formula is C20H25N3O3. The summed E-state index contributed by atoms with van der Waals surface area (Å²) in [6.07, 6.45) is 7.11. The lowest BCUT2D eigenvalue weighted by Crippen LogP contribution is -2.31. The van der Waals surface area contributed by atoms with Gasteiger partial charge in [-0.05, 0) is 17.9 Å². The summed E-state index contributed by atoms with van der Waals surface area (Å²) in [5, 5.41) is 16.1. The van der Waals surface area contributed by atoms with Crippen molar-refractivity contribution >= 4 is 11.9 Å². The van der Waals surface area contributed by atoms with Crippen molar-refractivity contribution < 1.29 is 14.7 Å². The summed E-state index contributed by atoms with van der Waals surface area (Å²) in [6, 6.07) is 11.2. The molecule has 3 rings (SSSR count). The maximum Gasteiger partial charge on any atom is 0.356 e. The number of aryl methyl sites for hydroxylation is 1. The summed E-state index contributed by atoms with van der Waals surface area (Å²) in [6.45, 7) is 0. The first kappa shape index (κ1) is 18.2. The Kier molecular flexibility index (Phi) is 5.71. The Morgan fingerprint density at radius 3 is 2.54 bits per heavy atom. The van der Waals surface area contributed by atoms with Crippen LogP contribution in [0.25, 0.3) is 0 Å². The van der Waals surface area contributed by atoms with E-state index in [9.17, 15) is 9.59 Å². The Morgan fingerprint density at radius 1 is 1.23 bits per heavy atom. The molecule has 1 saturated carbocycles. The van der Waals surface area contributed by atoms with Crippen molar-refractivity contribution in [3.63, 3.8) is 0 Å². The largest absolute Gasteiger partial charge is 0.476 e. The van der Waals surface area contributed by atoms with Crippen molar-refractivity contribution in [3.8, 4) is 0 Å². The van der Waals surface area contributed by atoms with E-state index in [0.29, 0.717) is 5.92 Å². The molecule has 0 spiro atoms. The van der Waals surface area contributed by atoms with Crippen LogP contribution in [0.1, 0.15) is 71.1 Å². The second-order valence-corrected chi connectivity index (χ2v) is 7.02. The Hall–Kier alpha value is -2.63. The number of hydrogen-bond donors (Lipinski definition) is 2. The van der Waals surface area contributed by atoms with Crippen molar-refractivity contribution in [2.24, 2.45) is 13.0 Å². The van der Waals surface area contributed by atoms with Gasteiger partial charge < -0.3 is 10.4 Å². The molecule has 1 aromatic heterocycles. The summed E-state index contributed by atoms with van der Waals surface area (Å²) in [4.78, 5) is 23.8. The van der Waals surface area contributed by atoms with E-state index in [1.807, 2.05) is 30.3 Å².